The Kier molecular flexibility index (Phi) is 10.6. The molecule has 1 fully saturated rings. The average molecular weight is 761 g/mol. The molecule has 2 aromatic carbocycles. The third-order valence-electron chi connectivity index (χ3n) is 6.35. The van der Waals surface area contributed by atoms with Gasteiger partial charge in [-0.25, -0.2) is 30.0 Å². The van der Waals surface area contributed by atoms with Crippen molar-refractivity contribution in [1.82, 2.24) is 4.31 Å². The SMILES string of the molecule is O=C(COC(=O)c1cc(NS(=O)(=O)c2cccs2)cc(NS(=O)(=O)c2cccs2)c1)Nc1cc(S(=O)(=O)N2CCOCC2)ccc1Cl. The first-order valence-electron chi connectivity index (χ1n) is 13.4. The normalized spacial score (nSPS) is 14.3. The van der Waals surface area contributed by atoms with Crippen molar-refractivity contribution in [2.75, 3.05) is 47.7 Å². The number of ether oxygens (including phenoxy) is 2. The second kappa shape index (κ2) is 14.3. The second-order valence-corrected chi connectivity index (χ2v) is 17.7. The number of carbonyl (C=O) groups excluding carboxylic acids is 2. The van der Waals surface area contributed by atoms with Gasteiger partial charge in [0.1, 0.15) is 8.42 Å². The Bertz CT molecular complexity index is 2020. The molecule has 14 nitrogen and oxygen atoms in total. The number of sulfonamides is 3. The first-order chi connectivity index (χ1) is 22.2. The molecule has 0 spiro atoms. The van der Waals surface area contributed by atoms with E-state index >= 15 is 0 Å². The molecule has 250 valence electrons. The van der Waals surface area contributed by atoms with E-state index in [1.165, 1.54) is 52.8 Å². The van der Waals surface area contributed by atoms with E-state index in [4.69, 9.17) is 21.1 Å². The molecule has 1 aliphatic heterocycles. The van der Waals surface area contributed by atoms with E-state index in [1.807, 2.05) is 0 Å². The van der Waals surface area contributed by atoms with Crippen molar-refractivity contribution in [2.45, 2.75) is 13.3 Å². The van der Waals surface area contributed by atoms with Gasteiger partial charge in [0.15, 0.2) is 6.61 Å². The highest BCUT2D eigenvalue weighted by atomic mass is 35.5. The molecule has 0 radical (unpaired) electrons. The highest BCUT2D eigenvalue weighted by molar-refractivity contribution is 7.95. The van der Waals surface area contributed by atoms with Crippen molar-refractivity contribution in [3.8, 4) is 0 Å². The van der Waals surface area contributed by atoms with Crippen LogP contribution in [-0.4, -0.2) is 74.3 Å². The van der Waals surface area contributed by atoms with E-state index in [-0.39, 0.29) is 67.3 Å². The van der Waals surface area contributed by atoms with Crippen molar-refractivity contribution in [3.63, 3.8) is 0 Å². The third-order valence-corrected chi connectivity index (χ3v) is 14.1. The molecule has 0 aliphatic carbocycles. The monoisotopic (exact) mass is 760 g/mol. The summed E-state index contributed by atoms with van der Waals surface area (Å²) in [7, 11) is -12.1. The first-order valence-corrected chi connectivity index (χ1v) is 19.9. The van der Waals surface area contributed by atoms with Gasteiger partial charge in [0.05, 0.1) is 45.8 Å². The van der Waals surface area contributed by atoms with Crippen LogP contribution in [0.4, 0.5) is 17.1 Å². The molecular formula is C27H25ClN4O10S5. The molecule has 47 heavy (non-hydrogen) atoms. The van der Waals surface area contributed by atoms with Crippen molar-refractivity contribution < 1.29 is 44.3 Å². The summed E-state index contributed by atoms with van der Waals surface area (Å²) in [4.78, 5) is 25.7. The minimum atomic E-state index is -4.09. The fourth-order valence-electron chi connectivity index (χ4n) is 4.20. The minimum absolute atomic E-state index is 0.0247. The van der Waals surface area contributed by atoms with Crippen molar-refractivity contribution in [3.05, 3.63) is 82.0 Å². The maximum absolute atomic E-state index is 13.0. The van der Waals surface area contributed by atoms with Gasteiger partial charge in [-0.1, -0.05) is 23.7 Å². The maximum atomic E-state index is 13.0. The molecule has 1 saturated heterocycles. The number of benzene rings is 2. The number of thiophene rings is 2. The third kappa shape index (κ3) is 8.49. The molecule has 20 heteroatoms. The van der Waals surface area contributed by atoms with Gasteiger partial charge in [-0.15, -0.1) is 22.7 Å². The van der Waals surface area contributed by atoms with Gasteiger partial charge < -0.3 is 14.8 Å². The van der Waals surface area contributed by atoms with Crippen LogP contribution in [0.1, 0.15) is 10.4 Å². The van der Waals surface area contributed by atoms with E-state index in [0.29, 0.717) is 0 Å². The maximum Gasteiger partial charge on any atom is 0.338 e. The van der Waals surface area contributed by atoms with Gasteiger partial charge in [0.2, 0.25) is 10.0 Å². The molecular weight excluding hydrogens is 736 g/mol. The summed E-state index contributed by atoms with van der Waals surface area (Å²) in [6.07, 6.45) is 0. The predicted octanol–water partition coefficient (Wildman–Crippen LogP) is 3.88. The summed E-state index contributed by atoms with van der Waals surface area (Å²) in [6.45, 7) is -0.0373. The molecule has 0 saturated carbocycles. The summed E-state index contributed by atoms with van der Waals surface area (Å²) < 4.78 is 93.6. The van der Waals surface area contributed by atoms with Crippen LogP contribution in [-0.2, 0) is 44.3 Å². The van der Waals surface area contributed by atoms with Gasteiger partial charge in [0.25, 0.3) is 26.0 Å². The standard InChI is InChI=1S/C27H25ClN4O10S5/c28-22-6-5-21(47(39,40)32-7-9-41-10-8-32)16-23(22)29-24(33)17-42-27(34)18-13-19(30-45(35,36)25-3-1-11-43-25)15-20(14-18)31-46(37,38)26-4-2-12-44-26/h1-6,11-16,30-31H,7-10,17H2,(H,29,33). The van der Waals surface area contributed by atoms with Crippen molar-refractivity contribution in [2.24, 2.45) is 0 Å². The molecule has 1 amide bonds. The van der Waals surface area contributed by atoms with Crippen LogP contribution in [0.2, 0.25) is 5.02 Å². The lowest BCUT2D eigenvalue weighted by Gasteiger charge is -2.26. The molecule has 5 rings (SSSR count). The Morgan fingerprint density at radius 3 is 1.94 bits per heavy atom. The number of anilines is 3. The van der Waals surface area contributed by atoms with E-state index in [1.54, 1.807) is 10.8 Å². The van der Waals surface area contributed by atoms with E-state index in [9.17, 15) is 34.8 Å². The van der Waals surface area contributed by atoms with Crippen LogP contribution >= 0.6 is 34.3 Å². The number of morpholine rings is 1. The number of rotatable bonds is 12. The van der Waals surface area contributed by atoms with Gasteiger partial charge >= 0.3 is 5.97 Å². The Morgan fingerprint density at radius 1 is 0.830 bits per heavy atom. The lowest BCUT2D eigenvalue weighted by molar-refractivity contribution is -0.119. The molecule has 4 aromatic rings. The number of hydrogen-bond acceptors (Lipinski definition) is 12. The van der Waals surface area contributed by atoms with Crippen LogP contribution in [0.3, 0.4) is 0 Å². The molecule has 0 bridgehead atoms. The Balaban J connectivity index is 1.33. The highest BCUT2D eigenvalue weighted by Gasteiger charge is 2.27. The summed E-state index contributed by atoms with van der Waals surface area (Å²) in [5, 5.41) is 5.55. The van der Waals surface area contributed by atoms with E-state index in [2.05, 4.69) is 14.8 Å². The zero-order valence-corrected chi connectivity index (χ0v) is 28.8. The molecule has 0 atom stereocenters. The van der Waals surface area contributed by atoms with Crippen molar-refractivity contribution >= 4 is 93.3 Å². The Hall–Kier alpha value is -3.56. The van der Waals surface area contributed by atoms with Crippen LogP contribution < -0.4 is 14.8 Å². The number of carbonyl (C=O) groups is 2. The van der Waals surface area contributed by atoms with Gasteiger partial charge in [-0.2, -0.15) is 4.31 Å². The summed E-state index contributed by atoms with van der Waals surface area (Å²) in [6, 6.07) is 13.0. The lowest BCUT2D eigenvalue weighted by atomic mass is 10.2. The van der Waals surface area contributed by atoms with Gasteiger partial charge in [-0.3, -0.25) is 14.2 Å². The fraction of sp³-hybridized carbons (Fsp3) is 0.185. The van der Waals surface area contributed by atoms with Gasteiger partial charge in [-0.05, 0) is 59.3 Å². The molecule has 3 heterocycles. The number of hydrogen-bond donors (Lipinski definition) is 3. The second-order valence-electron chi connectivity index (χ2n) is 9.66. The van der Waals surface area contributed by atoms with Crippen LogP contribution in [0, 0.1) is 0 Å². The quantitative estimate of drug-likeness (QED) is 0.179. The summed E-state index contributed by atoms with van der Waals surface area (Å²) in [5.74, 6) is -1.96. The molecule has 1 aliphatic rings. The molecule has 0 unspecified atom stereocenters. The number of halogens is 1. The Labute approximate surface area is 283 Å². The molecule has 2 aromatic heterocycles. The zero-order chi connectivity index (χ0) is 33.8. The Morgan fingerprint density at radius 2 is 1.40 bits per heavy atom. The molecule has 3 N–H and O–H groups in total. The zero-order valence-electron chi connectivity index (χ0n) is 23.9. The van der Waals surface area contributed by atoms with Crippen LogP contribution in [0.15, 0.2) is 84.7 Å². The summed E-state index contributed by atoms with van der Waals surface area (Å²) in [5.41, 5.74) is -0.653. The first kappa shape index (κ1) is 34.8. The highest BCUT2D eigenvalue weighted by Crippen LogP contribution is 2.29. The van der Waals surface area contributed by atoms with Gasteiger partial charge in [0, 0.05) is 13.1 Å². The number of nitrogens with zero attached hydrogens (tertiary/aromatic N) is 1. The lowest BCUT2D eigenvalue weighted by Crippen LogP contribution is -2.40. The van der Waals surface area contributed by atoms with Crippen LogP contribution in [0.25, 0.3) is 0 Å². The fourth-order valence-corrected chi connectivity index (χ4v) is 9.87. The summed E-state index contributed by atoms with van der Waals surface area (Å²) >= 11 is 8.08. The van der Waals surface area contributed by atoms with E-state index in [0.717, 1.165) is 34.8 Å². The number of esters is 1. The predicted molar refractivity (Wildman–Crippen MR) is 177 cm³/mol. The number of amides is 1. The smallest absolute Gasteiger partial charge is 0.338 e. The van der Waals surface area contributed by atoms with Crippen molar-refractivity contribution in [1.29, 1.82) is 0 Å². The number of nitrogens with one attached hydrogen (secondary N) is 3. The largest absolute Gasteiger partial charge is 0.452 e. The minimum Gasteiger partial charge on any atom is -0.452 e. The van der Waals surface area contributed by atoms with E-state index < -0.39 is 48.6 Å². The van der Waals surface area contributed by atoms with Crippen LogP contribution in [0.5, 0.6) is 0 Å². The topological polar surface area (TPSA) is 194 Å². The average Bonchev–Trinajstić information content (AvgIpc) is 3.77.